The van der Waals surface area contributed by atoms with Crippen molar-refractivity contribution in [2.75, 3.05) is 5.33 Å². The van der Waals surface area contributed by atoms with Gasteiger partial charge in [0, 0.05) is 16.7 Å². The van der Waals surface area contributed by atoms with Gasteiger partial charge in [0.1, 0.15) is 0 Å². The minimum Gasteiger partial charge on any atom is -0.478 e. The van der Waals surface area contributed by atoms with Crippen LogP contribution in [0.3, 0.4) is 0 Å². The molecule has 4 heteroatoms. The van der Waals surface area contributed by atoms with E-state index in [4.69, 9.17) is 5.11 Å². The van der Waals surface area contributed by atoms with E-state index in [1.165, 1.54) is 0 Å². The van der Waals surface area contributed by atoms with Gasteiger partial charge < -0.3 is 10.1 Å². The number of aromatic amines is 1. The molecule has 0 aromatic carbocycles. The summed E-state index contributed by atoms with van der Waals surface area (Å²) in [5.74, 6) is -0.880. The first-order valence-electron chi connectivity index (χ1n) is 4.23. The third-order valence-electron chi connectivity index (χ3n) is 2.06. The van der Waals surface area contributed by atoms with Crippen LogP contribution in [-0.4, -0.2) is 21.4 Å². The van der Waals surface area contributed by atoms with E-state index in [-0.39, 0.29) is 0 Å². The van der Waals surface area contributed by atoms with Gasteiger partial charge in [-0.1, -0.05) is 22.0 Å². The number of aromatic nitrogens is 1. The fourth-order valence-corrected chi connectivity index (χ4v) is 1.61. The number of nitrogens with one attached hydrogen (secondary N) is 1. The minimum absolute atomic E-state index is 0.374. The highest BCUT2D eigenvalue weighted by molar-refractivity contribution is 9.09. The average Bonchev–Trinajstić information content (AvgIpc) is 2.38. The number of aromatic carboxylic acids is 1. The van der Waals surface area contributed by atoms with Crippen molar-refractivity contribution in [1.82, 2.24) is 4.98 Å². The number of carboxylic acid groups (broad SMARTS) is 1. The second-order valence-corrected chi connectivity index (χ2v) is 3.67. The molecule has 0 radical (unpaired) electrons. The molecule has 0 spiro atoms. The Kier molecular flexibility index (Phi) is 3.52. The first-order valence-corrected chi connectivity index (χ1v) is 5.35. The third-order valence-corrected chi connectivity index (χ3v) is 2.44. The Hall–Kier alpha value is -1.03. The molecule has 1 rings (SSSR count). The number of H-pyrrole nitrogens is 1. The molecule has 0 unspecified atom stereocenters. The van der Waals surface area contributed by atoms with Gasteiger partial charge in [0.25, 0.3) is 0 Å². The molecular formula is C10H12BrNO2. The molecule has 0 saturated carbocycles. The first kappa shape index (κ1) is 11.0. The molecule has 3 nitrogen and oxygen atoms in total. The Morgan fingerprint density at radius 2 is 2.21 bits per heavy atom. The summed E-state index contributed by atoms with van der Waals surface area (Å²) in [6, 6.07) is 0. The number of carbonyl (C=O) groups is 1. The Labute approximate surface area is 91.0 Å². The molecule has 0 saturated heterocycles. The van der Waals surface area contributed by atoms with E-state index in [9.17, 15) is 4.79 Å². The number of halogens is 1. The third kappa shape index (κ3) is 2.07. The van der Waals surface area contributed by atoms with Crippen molar-refractivity contribution in [1.29, 1.82) is 0 Å². The van der Waals surface area contributed by atoms with Crippen molar-refractivity contribution >= 4 is 28.0 Å². The van der Waals surface area contributed by atoms with Gasteiger partial charge >= 0.3 is 5.97 Å². The Morgan fingerprint density at radius 3 is 2.64 bits per heavy atom. The molecule has 1 aromatic rings. The summed E-state index contributed by atoms with van der Waals surface area (Å²) in [6.45, 7) is 3.57. The van der Waals surface area contributed by atoms with Gasteiger partial charge in [0.2, 0.25) is 0 Å². The predicted molar refractivity (Wildman–Crippen MR) is 60.1 cm³/mol. The van der Waals surface area contributed by atoms with Gasteiger partial charge in [0.05, 0.1) is 5.56 Å². The molecule has 2 N–H and O–H groups in total. The van der Waals surface area contributed by atoms with Crippen molar-refractivity contribution in [2.24, 2.45) is 0 Å². The van der Waals surface area contributed by atoms with E-state index >= 15 is 0 Å². The molecule has 0 amide bonds. The van der Waals surface area contributed by atoms with Crippen LogP contribution in [0.25, 0.3) is 6.08 Å². The van der Waals surface area contributed by atoms with Crippen LogP contribution < -0.4 is 0 Å². The lowest BCUT2D eigenvalue weighted by Crippen LogP contribution is -1.98. The maximum absolute atomic E-state index is 10.9. The topological polar surface area (TPSA) is 53.1 Å². The maximum Gasteiger partial charge on any atom is 0.337 e. The van der Waals surface area contributed by atoms with Crippen molar-refractivity contribution < 1.29 is 9.90 Å². The molecule has 1 heterocycles. The van der Waals surface area contributed by atoms with Gasteiger partial charge in [-0.3, -0.25) is 0 Å². The van der Waals surface area contributed by atoms with E-state index in [0.29, 0.717) is 11.3 Å². The van der Waals surface area contributed by atoms with Crippen LogP contribution >= 0.6 is 15.9 Å². The summed E-state index contributed by atoms with van der Waals surface area (Å²) in [4.78, 5) is 13.9. The van der Waals surface area contributed by atoms with Crippen LogP contribution in [0.1, 0.15) is 27.3 Å². The number of aryl methyl sites for hydroxylation is 1. The van der Waals surface area contributed by atoms with Gasteiger partial charge in [-0.15, -0.1) is 0 Å². The summed E-state index contributed by atoms with van der Waals surface area (Å²) < 4.78 is 0. The highest BCUT2D eigenvalue weighted by Crippen LogP contribution is 2.18. The molecule has 0 aliphatic rings. The SMILES string of the molecule is Cc1[nH]c(C=CCBr)c(C)c1C(=O)O. The van der Waals surface area contributed by atoms with Gasteiger partial charge in [-0.25, -0.2) is 4.79 Å². The van der Waals surface area contributed by atoms with Crippen LogP contribution in [0.2, 0.25) is 0 Å². The lowest BCUT2D eigenvalue weighted by molar-refractivity contribution is 0.0695. The highest BCUT2D eigenvalue weighted by atomic mass is 79.9. The molecule has 0 aliphatic carbocycles. The zero-order chi connectivity index (χ0) is 10.7. The molecular weight excluding hydrogens is 246 g/mol. The lowest BCUT2D eigenvalue weighted by atomic mass is 10.1. The molecule has 0 fully saturated rings. The monoisotopic (exact) mass is 257 g/mol. The van der Waals surface area contributed by atoms with E-state index in [1.807, 2.05) is 12.2 Å². The van der Waals surface area contributed by atoms with Crippen LogP contribution in [0, 0.1) is 13.8 Å². The average molecular weight is 258 g/mol. The van der Waals surface area contributed by atoms with Gasteiger partial charge in [0.15, 0.2) is 0 Å². The van der Waals surface area contributed by atoms with Crippen LogP contribution in [0.15, 0.2) is 6.08 Å². The summed E-state index contributed by atoms with van der Waals surface area (Å²) in [7, 11) is 0. The van der Waals surface area contributed by atoms with Gasteiger partial charge in [-0.2, -0.15) is 0 Å². The van der Waals surface area contributed by atoms with Crippen molar-refractivity contribution in [3.8, 4) is 0 Å². The van der Waals surface area contributed by atoms with Crippen LogP contribution in [0.5, 0.6) is 0 Å². The molecule has 1 aromatic heterocycles. The predicted octanol–water partition coefficient (Wildman–Crippen LogP) is 2.74. The van der Waals surface area contributed by atoms with Crippen molar-refractivity contribution in [2.45, 2.75) is 13.8 Å². The summed E-state index contributed by atoms with van der Waals surface area (Å²) in [5, 5.41) is 9.69. The maximum atomic E-state index is 10.9. The lowest BCUT2D eigenvalue weighted by Gasteiger charge is -1.93. The number of hydrogen-bond donors (Lipinski definition) is 2. The Morgan fingerprint density at radius 1 is 1.57 bits per heavy atom. The summed E-state index contributed by atoms with van der Waals surface area (Å²) in [6.07, 6.45) is 3.80. The quantitative estimate of drug-likeness (QED) is 0.819. The second kappa shape index (κ2) is 4.46. The fourth-order valence-electron chi connectivity index (χ4n) is 1.42. The standard InChI is InChI=1S/C10H12BrNO2/c1-6-8(4-3-5-11)12-7(2)9(6)10(13)14/h3-4,12H,5H2,1-2H3,(H,13,14). The first-order chi connectivity index (χ1) is 6.57. The van der Waals surface area contributed by atoms with E-state index < -0.39 is 5.97 Å². The number of allylic oxidation sites excluding steroid dienone is 1. The summed E-state index contributed by atoms with van der Waals surface area (Å²) in [5.41, 5.74) is 2.72. The van der Waals surface area contributed by atoms with Crippen molar-refractivity contribution in [3.63, 3.8) is 0 Å². The largest absolute Gasteiger partial charge is 0.478 e. The zero-order valence-corrected chi connectivity index (χ0v) is 9.68. The Balaban J connectivity index is 3.17. The smallest absolute Gasteiger partial charge is 0.337 e. The summed E-state index contributed by atoms with van der Waals surface area (Å²) >= 11 is 3.27. The molecule has 14 heavy (non-hydrogen) atoms. The fraction of sp³-hybridized carbons (Fsp3) is 0.300. The zero-order valence-electron chi connectivity index (χ0n) is 8.10. The van der Waals surface area contributed by atoms with E-state index in [0.717, 1.165) is 16.6 Å². The number of hydrogen-bond acceptors (Lipinski definition) is 1. The van der Waals surface area contributed by atoms with E-state index in [2.05, 4.69) is 20.9 Å². The van der Waals surface area contributed by atoms with Crippen LogP contribution in [-0.2, 0) is 0 Å². The Bertz CT molecular complexity index is 380. The number of alkyl halides is 1. The number of carboxylic acids is 1. The second-order valence-electron chi connectivity index (χ2n) is 3.03. The molecule has 0 atom stereocenters. The van der Waals surface area contributed by atoms with Crippen LogP contribution in [0.4, 0.5) is 0 Å². The van der Waals surface area contributed by atoms with E-state index in [1.54, 1.807) is 13.8 Å². The van der Waals surface area contributed by atoms with Crippen molar-refractivity contribution in [3.05, 3.63) is 28.6 Å². The normalized spacial score (nSPS) is 11.1. The highest BCUT2D eigenvalue weighted by Gasteiger charge is 2.15. The minimum atomic E-state index is -0.880. The molecule has 0 aliphatic heterocycles. The number of rotatable bonds is 3. The van der Waals surface area contributed by atoms with Gasteiger partial charge in [-0.05, 0) is 25.5 Å². The molecule has 0 bridgehead atoms. The molecule has 76 valence electrons.